The molecule has 0 saturated heterocycles. The number of anilines is 1. The molecule has 1 aliphatic heterocycles. The van der Waals surface area contributed by atoms with Gasteiger partial charge < -0.3 is 4.90 Å². The van der Waals surface area contributed by atoms with E-state index in [1.807, 2.05) is 0 Å². The average molecular weight is 365 g/mol. The van der Waals surface area contributed by atoms with Gasteiger partial charge in [0.25, 0.3) is 11.4 Å². The van der Waals surface area contributed by atoms with E-state index < -0.39 is 12.0 Å². The Morgan fingerprint density at radius 2 is 1.96 bits per heavy atom. The maximum atomic E-state index is 13.0. The lowest BCUT2D eigenvalue weighted by molar-refractivity contribution is -0.146. The summed E-state index contributed by atoms with van der Waals surface area (Å²) >= 11 is 0. The third-order valence-corrected chi connectivity index (χ3v) is 4.49. The van der Waals surface area contributed by atoms with E-state index in [0.29, 0.717) is 34.7 Å². The number of rotatable bonds is 1. The van der Waals surface area contributed by atoms with Gasteiger partial charge in [0.05, 0.1) is 17.8 Å². The standard InChI is InChI=1S/C15H14F3N7O/c1-8-19-10-5-6-24(7-9(10)13(26)23(8)2)12-4-3-11-20-21-14(15(16,17)18)25(11)22-12/h3-4H,5-7H2,1-2H3. The highest BCUT2D eigenvalue weighted by Crippen LogP contribution is 2.28. The molecule has 0 aromatic carbocycles. The van der Waals surface area contributed by atoms with Crippen molar-refractivity contribution in [3.8, 4) is 0 Å². The summed E-state index contributed by atoms with van der Waals surface area (Å²) in [5.74, 6) is -0.239. The minimum Gasteiger partial charge on any atom is -0.350 e. The molecule has 11 heteroatoms. The van der Waals surface area contributed by atoms with Crippen LogP contribution in [0.5, 0.6) is 0 Å². The van der Waals surface area contributed by atoms with Gasteiger partial charge in [-0.05, 0) is 19.1 Å². The second-order valence-electron chi connectivity index (χ2n) is 6.10. The normalized spacial score (nSPS) is 14.7. The van der Waals surface area contributed by atoms with E-state index in [9.17, 15) is 18.0 Å². The molecule has 26 heavy (non-hydrogen) atoms. The van der Waals surface area contributed by atoms with Crippen LogP contribution in [0.1, 0.15) is 22.9 Å². The van der Waals surface area contributed by atoms with Gasteiger partial charge >= 0.3 is 6.18 Å². The highest BCUT2D eigenvalue weighted by Gasteiger charge is 2.38. The molecule has 0 bridgehead atoms. The molecule has 0 N–H and O–H groups in total. The van der Waals surface area contributed by atoms with Crippen molar-refractivity contribution in [1.29, 1.82) is 0 Å². The minimum absolute atomic E-state index is 0.00619. The van der Waals surface area contributed by atoms with Crippen molar-refractivity contribution in [2.75, 3.05) is 11.4 Å². The number of fused-ring (bicyclic) bond motifs is 2. The Labute approximate surface area is 144 Å². The monoisotopic (exact) mass is 365 g/mol. The number of hydrogen-bond acceptors (Lipinski definition) is 6. The molecule has 0 radical (unpaired) electrons. The summed E-state index contributed by atoms with van der Waals surface area (Å²) < 4.78 is 41.2. The van der Waals surface area contributed by atoms with Crippen LogP contribution >= 0.6 is 0 Å². The first-order chi connectivity index (χ1) is 12.3. The fourth-order valence-electron chi connectivity index (χ4n) is 3.01. The van der Waals surface area contributed by atoms with E-state index in [1.54, 1.807) is 24.9 Å². The Bertz CT molecular complexity index is 1070. The van der Waals surface area contributed by atoms with Crippen molar-refractivity contribution in [2.45, 2.75) is 26.1 Å². The van der Waals surface area contributed by atoms with Crippen molar-refractivity contribution < 1.29 is 13.2 Å². The first-order valence-electron chi connectivity index (χ1n) is 7.85. The second kappa shape index (κ2) is 5.51. The molecule has 0 saturated carbocycles. The minimum atomic E-state index is -4.66. The first-order valence-corrected chi connectivity index (χ1v) is 7.85. The molecule has 8 nitrogen and oxygen atoms in total. The Hall–Kier alpha value is -2.98. The lowest BCUT2D eigenvalue weighted by Gasteiger charge is -2.29. The third-order valence-electron chi connectivity index (χ3n) is 4.49. The van der Waals surface area contributed by atoms with Gasteiger partial charge in [0, 0.05) is 20.0 Å². The molecule has 0 amide bonds. The summed E-state index contributed by atoms with van der Waals surface area (Å²) in [5, 5.41) is 10.7. The van der Waals surface area contributed by atoms with Crippen LogP contribution in [0.3, 0.4) is 0 Å². The summed E-state index contributed by atoms with van der Waals surface area (Å²) in [6.45, 7) is 2.49. The van der Waals surface area contributed by atoms with Gasteiger partial charge in [-0.1, -0.05) is 0 Å². The lowest BCUT2D eigenvalue weighted by Crippen LogP contribution is -2.38. The molecule has 0 fully saturated rings. The number of nitrogens with zero attached hydrogens (tertiary/aromatic N) is 7. The van der Waals surface area contributed by atoms with Crippen LogP contribution < -0.4 is 10.5 Å². The topological polar surface area (TPSA) is 81.2 Å². The Morgan fingerprint density at radius 1 is 1.19 bits per heavy atom. The summed E-state index contributed by atoms with van der Waals surface area (Å²) in [5.41, 5.74) is 1.11. The summed E-state index contributed by atoms with van der Waals surface area (Å²) in [6.07, 6.45) is -4.14. The molecular weight excluding hydrogens is 351 g/mol. The third kappa shape index (κ3) is 2.50. The fourth-order valence-corrected chi connectivity index (χ4v) is 3.01. The molecule has 0 atom stereocenters. The predicted molar refractivity (Wildman–Crippen MR) is 84.8 cm³/mol. The van der Waals surface area contributed by atoms with Crippen LogP contribution in [0, 0.1) is 6.92 Å². The highest BCUT2D eigenvalue weighted by molar-refractivity contribution is 5.47. The van der Waals surface area contributed by atoms with Crippen LogP contribution in [-0.2, 0) is 26.2 Å². The largest absolute Gasteiger partial charge is 0.453 e. The van der Waals surface area contributed by atoms with Gasteiger partial charge in [-0.25, -0.2) is 4.98 Å². The van der Waals surface area contributed by atoms with Crippen LogP contribution in [0.15, 0.2) is 16.9 Å². The van der Waals surface area contributed by atoms with E-state index in [1.165, 1.54) is 10.6 Å². The molecule has 3 aromatic rings. The van der Waals surface area contributed by atoms with Gasteiger partial charge in [0.15, 0.2) is 5.65 Å². The van der Waals surface area contributed by atoms with Crippen LogP contribution in [-0.4, -0.2) is 35.9 Å². The number of aromatic nitrogens is 6. The number of hydrogen-bond donors (Lipinski definition) is 0. The zero-order valence-electron chi connectivity index (χ0n) is 13.9. The van der Waals surface area contributed by atoms with Crippen molar-refractivity contribution in [3.63, 3.8) is 0 Å². The van der Waals surface area contributed by atoms with Crippen molar-refractivity contribution in [2.24, 2.45) is 7.05 Å². The molecule has 1 aliphatic rings. The Kier molecular flexibility index (Phi) is 3.49. The average Bonchev–Trinajstić information content (AvgIpc) is 3.03. The van der Waals surface area contributed by atoms with Crippen molar-refractivity contribution in [3.05, 3.63) is 45.4 Å². The van der Waals surface area contributed by atoms with Gasteiger partial charge in [0.1, 0.15) is 11.6 Å². The number of halogens is 3. The smallest absolute Gasteiger partial charge is 0.350 e. The van der Waals surface area contributed by atoms with Crippen LogP contribution in [0.2, 0.25) is 0 Å². The van der Waals surface area contributed by atoms with Crippen LogP contribution in [0.25, 0.3) is 5.65 Å². The van der Waals surface area contributed by atoms with E-state index in [0.717, 1.165) is 5.69 Å². The second-order valence-corrected chi connectivity index (χ2v) is 6.10. The van der Waals surface area contributed by atoms with E-state index in [-0.39, 0.29) is 17.8 Å². The van der Waals surface area contributed by atoms with Crippen LogP contribution in [0.4, 0.5) is 19.0 Å². The molecule has 0 spiro atoms. The van der Waals surface area contributed by atoms with Crippen molar-refractivity contribution >= 4 is 11.5 Å². The summed E-state index contributed by atoms with van der Waals surface area (Å²) in [6, 6.07) is 2.99. The Balaban J connectivity index is 1.75. The van der Waals surface area contributed by atoms with Gasteiger partial charge in [-0.3, -0.25) is 9.36 Å². The zero-order chi connectivity index (χ0) is 18.6. The SMILES string of the molecule is Cc1nc2c(c(=O)n1C)CN(c1ccc3nnc(C(F)(F)F)n3n1)CC2. The highest BCUT2D eigenvalue weighted by atomic mass is 19.4. The lowest BCUT2D eigenvalue weighted by atomic mass is 10.1. The molecule has 0 aliphatic carbocycles. The quantitative estimate of drug-likeness (QED) is 0.643. The summed E-state index contributed by atoms with van der Waals surface area (Å²) in [7, 11) is 1.64. The van der Waals surface area contributed by atoms with Gasteiger partial charge in [-0.15, -0.1) is 15.3 Å². The Morgan fingerprint density at radius 3 is 2.69 bits per heavy atom. The van der Waals surface area contributed by atoms with E-state index in [2.05, 4.69) is 20.3 Å². The maximum absolute atomic E-state index is 13.0. The fraction of sp³-hybridized carbons (Fsp3) is 0.400. The summed E-state index contributed by atoms with van der Waals surface area (Å²) in [4.78, 5) is 18.7. The molecule has 4 heterocycles. The predicted octanol–water partition coefficient (Wildman–Crippen LogP) is 1.11. The van der Waals surface area contributed by atoms with Gasteiger partial charge in [-0.2, -0.15) is 17.7 Å². The number of alkyl halides is 3. The van der Waals surface area contributed by atoms with E-state index in [4.69, 9.17) is 0 Å². The molecule has 136 valence electrons. The molecule has 4 rings (SSSR count). The maximum Gasteiger partial charge on any atom is 0.453 e. The van der Waals surface area contributed by atoms with E-state index >= 15 is 0 Å². The first kappa shape index (κ1) is 16.5. The van der Waals surface area contributed by atoms with Crippen molar-refractivity contribution in [1.82, 2.24) is 29.4 Å². The molecular formula is C15H14F3N7O. The molecule has 3 aromatic heterocycles. The van der Waals surface area contributed by atoms with Gasteiger partial charge in [0.2, 0.25) is 0 Å². The number of aryl methyl sites for hydroxylation is 1. The zero-order valence-corrected chi connectivity index (χ0v) is 13.9. The molecule has 0 unspecified atom stereocenters.